The molecule has 108 valence electrons. The van der Waals surface area contributed by atoms with E-state index in [9.17, 15) is 4.79 Å². The molecule has 0 aromatic carbocycles. The van der Waals surface area contributed by atoms with E-state index in [1.807, 2.05) is 24.3 Å². The van der Waals surface area contributed by atoms with Crippen molar-refractivity contribution in [1.29, 1.82) is 0 Å². The monoisotopic (exact) mass is 275 g/mol. The summed E-state index contributed by atoms with van der Waals surface area (Å²) in [5.74, 6) is 0.0909. The first-order chi connectivity index (χ1) is 9.65. The first kappa shape index (κ1) is 13.5. The van der Waals surface area contributed by atoms with Gasteiger partial charge in [0.15, 0.2) is 0 Å². The average molecular weight is 275 g/mol. The highest BCUT2D eigenvalue weighted by molar-refractivity contribution is 5.78. The Bertz CT molecular complexity index is 506. The molecule has 0 saturated carbocycles. The zero-order valence-corrected chi connectivity index (χ0v) is 12.1. The summed E-state index contributed by atoms with van der Waals surface area (Å²) in [5.41, 5.74) is 2.53. The summed E-state index contributed by atoms with van der Waals surface area (Å²) in [7, 11) is 1.89. The number of carbonyl (C=O) groups is 1. The molecule has 2 fully saturated rings. The maximum Gasteiger partial charge on any atom is 0.248 e. The van der Waals surface area contributed by atoms with E-state index in [1.54, 1.807) is 0 Å². The minimum Gasteiger partial charge on any atom is -0.366 e. The van der Waals surface area contributed by atoms with Gasteiger partial charge in [-0.2, -0.15) is 0 Å². The molecular formula is C15H21N3O2. The molecule has 5 nitrogen and oxygen atoms in total. The van der Waals surface area contributed by atoms with Gasteiger partial charge in [0.05, 0.1) is 12.1 Å². The summed E-state index contributed by atoms with van der Waals surface area (Å²) >= 11 is 0. The lowest BCUT2D eigenvalue weighted by Gasteiger charge is -2.45. The SMILES string of the molecule is Cc1cnccc1CN1CC[C@@H]2OCC(=O)N(C)[C@H]2C1. The molecule has 0 aliphatic carbocycles. The van der Waals surface area contributed by atoms with Crippen molar-refractivity contribution >= 4 is 5.91 Å². The van der Waals surface area contributed by atoms with Crippen LogP contribution in [0.25, 0.3) is 0 Å². The van der Waals surface area contributed by atoms with Crippen LogP contribution in [0, 0.1) is 6.92 Å². The number of nitrogens with zero attached hydrogens (tertiary/aromatic N) is 3. The topological polar surface area (TPSA) is 45.7 Å². The third-order valence-corrected chi connectivity index (χ3v) is 4.45. The number of aromatic nitrogens is 1. The van der Waals surface area contributed by atoms with Gasteiger partial charge in [0, 0.05) is 39.1 Å². The van der Waals surface area contributed by atoms with Crippen molar-refractivity contribution in [1.82, 2.24) is 14.8 Å². The van der Waals surface area contributed by atoms with Crippen LogP contribution in [-0.2, 0) is 16.1 Å². The molecule has 3 rings (SSSR count). The Kier molecular flexibility index (Phi) is 3.72. The Labute approximate surface area is 119 Å². The summed E-state index contributed by atoms with van der Waals surface area (Å²) in [6.45, 7) is 5.15. The molecule has 0 N–H and O–H groups in total. The summed E-state index contributed by atoms with van der Waals surface area (Å²) in [6.07, 6.45) is 4.94. The molecule has 2 aliphatic heterocycles. The van der Waals surface area contributed by atoms with Gasteiger partial charge in [-0.3, -0.25) is 14.7 Å². The highest BCUT2D eigenvalue weighted by Gasteiger charge is 2.38. The second-order valence-corrected chi connectivity index (χ2v) is 5.75. The number of hydrogen-bond donors (Lipinski definition) is 0. The Morgan fingerprint density at radius 1 is 1.50 bits per heavy atom. The molecule has 0 bridgehead atoms. The van der Waals surface area contributed by atoms with Crippen molar-refractivity contribution in [3.8, 4) is 0 Å². The molecule has 0 unspecified atom stereocenters. The van der Waals surface area contributed by atoms with Gasteiger partial charge in [-0.05, 0) is 30.5 Å². The van der Waals surface area contributed by atoms with Gasteiger partial charge in [0.1, 0.15) is 6.61 Å². The Balaban J connectivity index is 1.68. The zero-order chi connectivity index (χ0) is 14.1. The van der Waals surface area contributed by atoms with Crippen molar-refractivity contribution in [2.45, 2.75) is 32.0 Å². The van der Waals surface area contributed by atoms with Crippen molar-refractivity contribution < 1.29 is 9.53 Å². The van der Waals surface area contributed by atoms with Crippen molar-refractivity contribution in [3.05, 3.63) is 29.6 Å². The number of likely N-dealkylation sites (tertiary alicyclic amines) is 1. The van der Waals surface area contributed by atoms with E-state index in [0.29, 0.717) is 0 Å². The molecule has 3 heterocycles. The number of amides is 1. The van der Waals surface area contributed by atoms with Gasteiger partial charge in [0.2, 0.25) is 5.91 Å². The van der Waals surface area contributed by atoms with E-state index in [-0.39, 0.29) is 24.7 Å². The molecule has 1 aromatic rings. The fraction of sp³-hybridized carbons (Fsp3) is 0.600. The number of rotatable bonds is 2. The normalized spacial score (nSPS) is 27.5. The van der Waals surface area contributed by atoms with E-state index in [1.165, 1.54) is 11.1 Å². The largest absolute Gasteiger partial charge is 0.366 e. The number of fused-ring (bicyclic) bond motifs is 1. The first-order valence-electron chi connectivity index (χ1n) is 7.14. The second-order valence-electron chi connectivity index (χ2n) is 5.75. The molecule has 2 atom stereocenters. The number of aryl methyl sites for hydroxylation is 1. The van der Waals surface area contributed by atoms with Crippen LogP contribution < -0.4 is 0 Å². The molecule has 1 amide bonds. The third-order valence-electron chi connectivity index (χ3n) is 4.45. The molecule has 2 aliphatic rings. The number of likely N-dealkylation sites (N-methyl/N-ethyl adjacent to an activating group) is 1. The van der Waals surface area contributed by atoms with Crippen LogP contribution in [0.5, 0.6) is 0 Å². The van der Waals surface area contributed by atoms with Gasteiger partial charge in [-0.1, -0.05) is 0 Å². The summed E-state index contributed by atoms with van der Waals surface area (Å²) in [5, 5.41) is 0. The standard InChI is InChI=1S/C15H21N3O2/c1-11-7-16-5-3-12(11)8-18-6-4-14-13(9-18)17(2)15(19)10-20-14/h3,5,7,13-14H,4,6,8-10H2,1-2H3/t13-,14-/m0/s1. The van der Waals surface area contributed by atoms with Crippen LogP contribution in [0.1, 0.15) is 17.5 Å². The van der Waals surface area contributed by atoms with Crippen molar-refractivity contribution in [2.24, 2.45) is 0 Å². The number of hydrogen-bond acceptors (Lipinski definition) is 4. The molecule has 1 aromatic heterocycles. The Morgan fingerprint density at radius 2 is 2.35 bits per heavy atom. The predicted octanol–water partition coefficient (Wildman–Crippen LogP) is 0.822. The minimum absolute atomic E-state index is 0.0909. The van der Waals surface area contributed by atoms with Crippen molar-refractivity contribution in [3.63, 3.8) is 0 Å². The third kappa shape index (κ3) is 2.55. The van der Waals surface area contributed by atoms with Gasteiger partial charge in [-0.25, -0.2) is 0 Å². The van der Waals surface area contributed by atoms with Gasteiger partial charge in [-0.15, -0.1) is 0 Å². The maximum atomic E-state index is 11.7. The fourth-order valence-electron chi connectivity index (χ4n) is 3.07. The highest BCUT2D eigenvalue weighted by Crippen LogP contribution is 2.24. The highest BCUT2D eigenvalue weighted by atomic mass is 16.5. The van der Waals surface area contributed by atoms with Gasteiger partial charge in [0.25, 0.3) is 0 Å². The minimum atomic E-state index is 0.0909. The van der Waals surface area contributed by atoms with Crippen LogP contribution in [0.2, 0.25) is 0 Å². The molecule has 5 heteroatoms. The van der Waals surface area contributed by atoms with Crippen LogP contribution in [0.3, 0.4) is 0 Å². The molecule has 0 spiro atoms. The number of pyridine rings is 1. The van der Waals surface area contributed by atoms with Gasteiger partial charge < -0.3 is 9.64 Å². The molecule has 0 radical (unpaired) electrons. The fourth-order valence-corrected chi connectivity index (χ4v) is 3.07. The lowest BCUT2D eigenvalue weighted by atomic mass is 9.98. The van der Waals surface area contributed by atoms with E-state index >= 15 is 0 Å². The molecule has 2 saturated heterocycles. The zero-order valence-electron chi connectivity index (χ0n) is 12.1. The quantitative estimate of drug-likeness (QED) is 0.802. The first-order valence-corrected chi connectivity index (χ1v) is 7.14. The van der Waals surface area contributed by atoms with Crippen LogP contribution in [-0.4, -0.2) is 59.6 Å². The van der Waals surface area contributed by atoms with Gasteiger partial charge >= 0.3 is 0 Å². The number of morpholine rings is 1. The van der Waals surface area contributed by atoms with E-state index in [4.69, 9.17) is 4.74 Å². The summed E-state index contributed by atoms with van der Waals surface area (Å²) in [4.78, 5) is 20.1. The number of ether oxygens (including phenoxy) is 1. The molecule has 20 heavy (non-hydrogen) atoms. The van der Waals surface area contributed by atoms with E-state index in [2.05, 4.69) is 22.9 Å². The lowest BCUT2D eigenvalue weighted by molar-refractivity contribution is -0.160. The average Bonchev–Trinajstić information content (AvgIpc) is 2.46. The van der Waals surface area contributed by atoms with E-state index < -0.39 is 0 Å². The van der Waals surface area contributed by atoms with Crippen molar-refractivity contribution in [2.75, 3.05) is 26.7 Å². The molecular weight excluding hydrogens is 254 g/mol. The lowest BCUT2D eigenvalue weighted by Crippen LogP contribution is -2.60. The smallest absolute Gasteiger partial charge is 0.248 e. The van der Waals surface area contributed by atoms with Crippen LogP contribution in [0.15, 0.2) is 18.5 Å². The Morgan fingerprint density at radius 3 is 3.15 bits per heavy atom. The van der Waals surface area contributed by atoms with Crippen LogP contribution >= 0.6 is 0 Å². The summed E-state index contributed by atoms with van der Waals surface area (Å²) < 4.78 is 5.66. The van der Waals surface area contributed by atoms with E-state index in [0.717, 1.165) is 26.1 Å². The number of carbonyl (C=O) groups excluding carboxylic acids is 1. The number of piperidine rings is 1. The maximum absolute atomic E-state index is 11.7. The second kappa shape index (κ2) is 5.50. The van der Waals surface area contributed by atoms with Crippen LogP contribution in [0.4, 0.5) is 0 Å². The Hall–Kier alpha value is -1.46. The predicted molar refractivity (Wildman–Crippen MR) is 75.2 cm³/mol. The summed E-state index contributed by atoms with van der Waals surface area (Å²) in [6, 6.07) is 2.26.